The second-order valence-electron chi connectivity index (χ2n) is 5.45. The number of nitrogens with two attached hydrogens (primary N) is 1. The summed E-state index contributed by atoms with van der Waals surface area (Å²) >= 11 is 0. The van der Waals surface area contributed by atoms with Gasteiger partial charge in [0.15, 0.2) is 5.78 Å². The number of aliphatic hydroxyl groups excluding tert-OH is 2. The van der Waals surface area contributed by atoms with Gasteiger partial charge in [-0.05, 0) is 18.6 Å². The fourth-order valence-corrected chi connectivity index (χ4v) is 1.92. The predicted molar refractivity (Wildman–Crippen MR) is 102 cm³/mol. The van der Waals surface area contributed by atoms with Crippen molar-refractivity contribution in [3.8, 4) is 0 Å². The fourth-order valence-electron chi connectivity index (χ4n) is 1.92. The lowest BCUT2D eigenvalue weighted by Gasteiger charge is -2.08. The lowest BCUT2D eigenvalue weighted by Crippen LogP contribution is -2.22. The number of carboxylic acids is 1. The van der Waals surface area contributed by atoms with Gasteiger partial charge >= 0.3 is 5.97 Å². The van der Waals surface area contributed by atoms with Crippen LogP contribution in [0.25, 0.3) is 0 Å². The molecule has 2 unspecified atom stereocenters. The first kappa shape index (κ1) is 23.8. The van der Waals surface area contributed by atoms with E-state index in [9.17, 15) is 9.59 Å². The Labute approximate surface area is 158 Å². The number of carbonyl (C=O) groups excluding carboxylic acids is 1. The van der Waals surface area contributed by atoms with Crippen LogP contribution in [0.5, 0.6) is 0 Å². The predicted octanol–water partition coefficient (Wildman–Crippen LogP) is 1.83. The molecule has 0 spiro atoms. The average molecular weight is 382 g/mol. The fraction of sp³-hybridized carbons (Fsp3) is 0.263. The number of ketones is 1. The van der Waals surface area contributed by atoms with Crippen LogP contribution in [0.1, 0.15) is 34.3 Å². The number of hydrogen-bond acceptors (Lipinski definition) is 5. The number of carbonyl (C=O) groups is 2. The monoisotopic (exact) mass is 381 g/mol. The number of carboxylic acid groups (broad SMARTS) is 1. The van der Waals surface area contributed by atoms with E-state index < -0.39 is 18.0 Å². The van der Waals surface area contributed by atoms with E-state index in [-0.39, 0.29) is 31.3 Å². The number of aliphatic hydroxyl groups is 2. The molecule has 142 valence electrons. The molecular weight excluding hydrogens is 358 g/mol. The van der Waals surface area contributed by atoms with Crippen molar-refractivity contribution in [2.45, 2.75) is 18.9 Å². The lowest BCUT2D eigenvalue weighted by atomic mass is 9.96. The van der Waals surface area contributed by atoms with Crippen LogP contribution in [0, 0.1) is 0 Å². The van der Waals surface area contributed by atoms with E-state index in [0.717, 1.165) is 0 Å². The highest BCUT2D eigenvalue weighted by Crippen LogP contribution is 2.18. The summed E-state index contributed by atoms with van der Waals surface area (Å²) in [4.78, 5) is 23.2. The molecule has 2 atom stereocenters. The van der Waals surface area contributed by atoms with E-state index in [4.69, 9.17) is 21.1 Å². The number of hydrogen-bond donors (Lipinski definition) is 4. The van der Waals surface area contributed by atoms with Gasteiger partial charge in [-0.15, -0.1) is 12.4 Å². The summed E-state index contributed by atoms with van der Waals surface area (Å²) in [6.07, 6.45) is -0.731. The van der Waals surface area contributed by atoms with Crippen molar-refractivity contribution >= 4 is 24.2 Å². The molecule has 5 N–H and O–H groups in total. The molecule has 0 saturated heterocycles. The number of aliphatic carboxylic acids is 1. The molecule has 26 heavy (non-hydrogen) atoms. The van der Waals surface area contributed by atoms with Gasteiger partial charge in [-0.25, -0.2) is 0 Å². The summed E-state index contributed by atoms with van der Waals surface area (Å²) in [5.74, 6) is -1.62. The Morgan fingerprint density at radius 1 is 1.04 bits per heavy atom. The lowest BCUT2D eigenvalue weighted by molar-refractivity contribution is -0.138. The molecular formula is C19H24ClNO5. The van der Waals surface area contributed by atoms with Gasteiger partial charge < -0.3 is 21.1 Å². The van der Waals surface area contributed by atoms with Crippen molar-refractivity contribution < 1.29 is 24.9 Å². The Morgan fingerprint density at radius 3 is 2.08 bits per heavy atom. The Bertz CT molecular complexity index is 689. The van der Waals surface area contributed by atoms with Gasteiger partial charge in [0.05, 0.1) is 18.6 Å². The first-order chi connectivity index (χ1) is 11.9. The van der Waals surface area contributed by atoms with Crippen LogP contribution in [0.4, 0.5) is 0 Å². The molecule has 2 aromatic carbocycles. The highest BCUT2D eigenvalue weighted by Gasteiger charge is 2.16. The van der Waals surface area contributed by atoms with Crippen molar-refractivity contribution in [1.29, 1.82) is 0 Å². The minimum absolute atomic E-state index is 0. The van der Waals surface area contributed by atoms with E-state index in [1.165, 1.54) is 0 Å². The Morgan fingerprint density at radius 2 is 1.62 bits per heavy atom. The first-order valence-electron chi connectivity index (χ1n) is 7.82. The molecule has 7 heteroatoms. The normalized spacial score (nSPS) is 12.0. The zero-order chi connectivity index (χ0) is 18.8. The molecule has 0 aromatic heterocycles. The van der Waals surface area contributed by atoms with E-state index in [0.29, 0.717) is 16.7 Å². The molecule has 2 rings (SSSR count). The highest BCUT2D eigenvalue weighted by molar-refractivity contribution is 6.09. The Balaban J connectivity index is 0.000000777. The molecule has 0 fully saturated rings. The highest BCUT2D eigenvalue weighted by atomic mass is 35.5. The number of rotatable bonds is 6. The van der Waals surface area contributed by atoms with Gasteiger partial charge in [0.25, 0.3) is 0 Å². The smallest absolute Gasteiger partial charge is 0.310 e. The van der Waals surface area contributed by atoms with Crippen LogP contribution in [0.3, 0.4) is 0 Å². The summed E-state index contributed by atoms with van der Waals surface area (Å²) in [7, 11) is 0. The standard InChI is InChI=1S/C16H14O3.C3H9NO2.ClH/c1-11(16(18)19)13-8-5-9-14(10-13)15(17)12-6-3-2-4-7-12;4-1-3(6)2-5;/h2-11H,1H3,(H,18,19);3,5-6H,1-2,4H2;1H. The van der Waals surface area contributed by atoms with Gasteiger partial charge in [-0.3, -0.25) is 9.59 Å². The molecule has 0 aliphatic carbocycles. The third-order valence-electron chi connectivity index (χ3n) is 3.54. The number of benzene rings is 2. The summed E-state index contributed by atoms with van der Waals surface area (Å²) in [5.41, 5.74) is 6.62. The molecule has 0 bridgehead atoms. The summed E-state index contributed by atoms with van der Waals surface area (Å²) in [6.45, 7) is 1.50. The van der Waals surface area contributed by atoms with Crippen LogP contribution in [0.15, 0.2) is 54.6 Å². The second kappa shape index (κ2) is 12.2. The zero-order valence-electron chi connectivity index (χ0n) is 14.4. The van der Waals surface area contributed by atoms with Crippen molar-refractivity contribution in [3.63, 3.8) is 0 Å². The maximum atomic E-state index is 12.2. The van der Waals surface area contributed by atoms with Crippen molar-refractivity contribution in [2.24, 2.45) is 5.73 Å². The van der Waals surface area contributed by atoms with Gasteiger partial charge in [-0.1, -0.05) is 48.5 Å². The summed E-state index contributed by atoms with van der Waals surface area (Å²) in [6, 6.07) is 15.7. The van der Waals surface area contributed by atoms with Crippen LogP contribution >= 0.6 is 12.4 Å². The average Bonchev–Trinajstić information content (AvgIpc) is 2.67. The van der Waals surface area contributed by atoms with Crippen LogP contribution < -0.4 is 5.73 Å². The zero-order valence-corrected chi connectivity index (χ0v) is 15.2. The minimum Gasteiger partial charge on any atom is -0.481 e. The van der Waals surface area contributed by atoms with E-state index >= 15 is 0 Å². The van der Waals surface area contributed by atoms with Gasteiger partial charge in [0, 0.05) is 17.7 Å². The maximum absolute atomic E-state index is 12.2. The molecule has 0 saturated carbocycles. The van der Waals surface area contributed by atoms with E-state index in [1.807, 2.05) is 6.07 Å². The molecule has 0 aliphatic heterocycles. The molecule has 6 nitrogen and oxygen atoms in total. The second-order valence-corrected chi connectivity index (χ2v) is 5.45. The summed E-state index contributed by atoms with van der Waals surface area (Å²) < 4.78 is 0. The number of halogens is 1. The minimum atomic E-state index is -0.899. The van der Waals surface area contributed by atoms with Gasteiger partial charge in [0.2, 0.25) is 0 Å². The molecule has 2 aromatic rings. The van der Waals surface area contributed by atoms with Crippen molar-refractivity contribution in [3.05, 3.63) is 71.3 Å². The van der Waals surface area contributed by atoms with Crippen molar-refractivity contribution in [1.82, 2.24) is 0 Å². The topological polar surface area (TPSA) is 121 Å². The SMILES string of the molecule is CC(C(=O)O)c1cccc(C(=O)c2ccccc2)c1.Cl.NCC(O)CO. The quantitative estimate of drug-likeness (QED) is 0.566. The Hall–Kier alpha value is -2.25. The van der Waals surface area contributed by atoms with E-state index in [1.54, 1.807) is 55.5 Å². The molecule has 0 amide bonds. The van der Waals surface area contributed by atoms with Crippen LogP contribution in [-0.2, 0) is 4.79 Å². The van der Waals surface area contributed by atoms with Gasteiger partial charge in [-0.2, -0.15) is 0 Å². The third-order valence-corrected chi connectivity index (χ3v) is 3.54. The third kappa shape index (κ3) is 7.33. The van der Waals surface area contributed by atoms with Crippen LogP contribution in [-0.4, -0.2) is 46.3 Å². The van der Waals surface area contributed by atoms with E-state index in [2.05, 4.69) is 0 Å². The molecule has 0 heterocycles. The van der Waals surface area contributed by atoms with Crippen molar-refractivity contribution in [2.75, 3.05) is 13.2 Å². The summed E-state index contributed by atoms with van der Waals surface area (Å²) in [5, 5.41) is 25.3. The van der Waals surface area contributed by atoms with Crippen LogP contribution in [0.2, 0.25) is 0 Å². The maximum Gasteiger partial charge on any atom is 0.310 e. The largest absolute Gasteiger partial charge is 0.481 e. The Kier molecular flexibility index (Phi) is 11.1. The first-order valence-corrected chi connectivity index (χ1v) is 7.82. The molecule has 0 aliphatic rings. The molecule has 0 radical (unpaired) electrons. The van der Waals surface area contributed by atoms with Gasteiger partial charge in [0.1, 0.15) is 0 Å².